The summed E-state index contributed by atoms with van der Waals surface area (Å²) in [5.74, 6) is -4.52. The largest absolute Gasteiger partial charge is 0.498 e. The number of amides is 1. The maximum absolute atomic E-state index is 15.7. The Morgan fingerprint density at radius 3 is 2.29 bits per heavy atom. The first-order valence-electron chi connectivity index (χ1n) is 10.1. The summed E-state index contributed by atoms with van der Waals surface area (Å²) in [7, 11) is -11.0. The van der Waals surface area contributed by atoms with Crippen LogP contribution in [-0.4, -0.2) is 59.1 Å². The number of halogens is 4. The molecule has 1 aliphatic heterocycles. The van der Waals surface area contributed by atoms with Crippen LogP contribution < -0.4 is 10.0 Å². The Labute approximate surface area is 194 Å². The van der Waals surface area contributed by atoms with Gasteiger partial charge in [0, 0.05) is 25.3 Å². The molecular formula is C20H22F4N2O6S2. The van der Waals surface area contributed by atoms with E-state index in [2.05, 4.69) is 5.32 Å². The molecule has 2 atom stereocenters. The Hall–Kier alpha value is -2.29. The van der Waals surface area contributed by atoms with E-state index in [-0.39, 0.29) is 24.1 Å². The summed E-state index contributed by atoms with van der Waals surface area (Å²) in [6.07, 6.45) is 2.18. The van der Waals surface area contributed by atoms with Gasteiger partial charge in [-0.3, -0.25) is 10.1 Å². The number of alkyl halides is 4. The molecule has 1 aliphatic carbocycles. The Morgan fingerprint density at radius 2 is 1.71 bits per heavy atom. The molecule has 1 aromatic rings. The lowest BCUT2D eigenvalue weighted by Crippen LogP contribution is -2.57. The molecule has 0 aromatic heterocycles. The van der Waals surface area contributed by atoms with Gasteiger partial charge in [0.1, 0.15) is 5.25 Å². The van der Waals surface area contributed by atoms with E-state index in [1.807, 2.05) is 0 Å². The van der Waals surface area contributed by atoms with Gasteiger partial charge >= 0.3 is 5.51 Å². The lowest BCUT2D eigenvalue weighted by molar-refractivity contribution is -0.0458. The van der Waals surface area contributed by atoms with E-state index in [1.54, 1.807) is 10.8 Å². The maximum atomic E-state index is 15.7. The first-order chi connectivity index (χ1) is 15.8. The molecule has 1 heterocycles. The molecule has 2 aliphatic rings. The highest BCUT2D eigenvalue weighted by Gasteiger charge is 2.58. The Morgan fingerprint density at radius 1 is 1.09 bits per heavy atom. The number of allylic oxidation sites excluding steroid dienone is 1. The SMILES string of the molecule is O=C(NS(=O)(=O)C1=CC(S(=O)(=O)C(F)(F)F)C(F)(NCC2CCOCC2)C=C1)c1ccccc1. The number of sulfone groups is 1. The van der Waals surface area contributed by atoms with Crippen LogP contribution in [0.1, 0.15) is 23.2 Å². The summed E-state index contributed by atoms with van der Waals surface area (Å²) in [5.41, 5.74) is -5.93. The molecule has 1 fully saturated rings. The second-order valence-corrected chi connectivity index (χ2v) is 11.6. The second kappa shape index (κ2) is 9.76. The number of benzene rings is 1. The quantitative estimate of drug-likeness (QED) is 0.413. The number of nitrogens with one attached hydrogen (secondary N) is 2. The topological polar surface area (TPSA) is 119 Å². The van der Waals surface area contributed by atoms with Crippen molar-refractivity contribution >= 4 is 25.8 Å². The summed E-state index contributed by atoms with van der Waals surface area (Å²) in [5, 5.41) is -0.722. The van der Waals surface area contributed by atoms with Gasteiger partial charge < -0.3 is 4.74 Å². The highest BCUT2D eigenvalue weighted by atomic mass is 32.2. The molecule has 2 N–H and O–H groups in total. The molecule has 0 bridgehead atoms. The van der Waals surface area contributed by atoms with E-state index in [0.29, 0.717) is 38.2 Å². The first-order valence-corrected chi connectivity index (χ1v) is 13.1. The zero-order chi connectivity index (χ0) is 25.2. The van der Waals surface area contributed by atoms with E-state index in [9.17, 15) is 34.8 Å². The van der Waals surface area contributed by atoms with Gasteiger partial charge in [-0.2, -0.15) is 13.2 Å². The molecule has 34 heavy (non-hydrogen) atoms. The van der Waals surface area contributed by atoms with Crippen LogP contribution >= 0.6 is 0 Å². The van der Waals surface area contributed by atoms with Crippen molar-refractivity contribution in [2.75, 3.05) is 19.8 Å². The molecule has 188 valence electrons. The first kappa shape index (κ1) is 26.3. The molecular weight excluding hydrogens is 504 g/mol. The number of rotatable bonds is 7. The van der Waals surface area contributed by atoms with Crippen molar-refractivity contribution in [3.8, 4) is 0 Å². The molecule has 0 radical (unpaired) electrons. The van der Waals surface area contributed by atoms with Gasteiger partial charge in [0.25, 0.3) is 25.8 Å². The van der Waals surface area contributed by atoms with Crippen LogP contribution in [0.2, 0.25) is 0 Å². The molecule has 0 spiro atoms. The van der Waals surface area contributed by atoms with Crippen molar-refractivity contribution in [2.45, 2.75) is 29.4 Å². The Kier molecular flexibility index (Phi) is 7.55. The van der Waals surface area contributed by atoms with Gasteiger partial charge in [0.15, 0.2) is 0 Å². The van der Waals surface area contributed by atoms with Crippen LogP contribution in [0.3, 0.4) is 0 Å². The van der Waals surface area contributed by atoms with Gasteiger partial charge in [-0.05, 0) is 49.1 Å². The maximum Gasteiger partial charge on any atom is 0.498 e. The lowest BCUT2D eigenvalue weighted by atomic mass is 9.98. The number of carbonyl (C=O) groups excluding carboxylic acids is 1. The van der Waals surface area contributed by atoms with Crippen LogP contribution in [-0.2, 0) is 24.6 Å². The fourth-order valence-electron chi connectivity index (χ4n) is 3.50. The zero-order valence-electron chi connectivity index (χ0n) is 17.6. The van der Waals surface area contributed by atoms with E-state index < -0.39 is 47.2 Å². The Balaban J connectivity index is 1.91. The predicted molar refractivity (Wildman–Crippen MR) is 114 cm³/mol. The zero-order valence-corrected chi connectivity index (χ0v) is 19.2. The minimum atomic E-state index is -6.20. The highest BCUT2D eigenvalue weighted by molar-refractivity contribution is 7.94. The van der Waals surface area contributed by atoms with Crippen molar-refractivity contribution in [3.05, 3.63) is 59.0 Å². The van der Waals surface area contributed by atoms with Crippen LogP contribution in [0, 0.1) is 5.92 Å². The molecule has 1 aromatic carbocycles. The smallest absolute Gasteiger partial charge is 0.381 e. The summed E-state index contributed by atoms with van der Waals surface area (Å²) in [6.45, 7) is 0.582. The van der Waals surface area contributed by atoms with Crippen molar-refractivity contribution in [1.29, 1.82) is 0 Å². The fraction of sp³-hybridized carbons (Fsp3) is 0.450. The number of sulfonamides is 1. The summed E-state index contributed by atoms with van der Waals surface area (Å²) in [4.78, 5) is 11.2. The van der Waals surface area contributed by atoms with Crippen LogP contribution in [0.15, 0.2) is 53.5 Å². The number of hydrogen-bond donors (Lipinski definition) is 2. The molecule has 14 heteroatoms. The van der Waals surface area contributed by atoms with Crippen LogP contribution in [0.4, 0.5) is 17.6 Å². The van der Waals surface area contributed by atoms with Gasteiger partial charge in [-0.15, -0.1) is 0 Å². The third-order valence-corrected chi connectivity index (χ3v) is 8.59. The number of ether oxygens (including phenoxy) is 1. The third kappa shape index (κ3) is 5.67. The predicted octanol–water partition coefficient (Wildman–Crippen LogP) is 2.19. The van der Waals surface area contributed by atoms with Crippen LogP contribution in [0.5, 0.6) is 0 Å². The molecule has 8 nitrogen and oxygen atoms in total. The number of carbonyl (C=O) groups is 1. The van der Waals surface area contributed by atoms with Crippen molar-refractivity contribution in [3.63, 3.8) is 0 Å². The van der Waals surface area contributed by atoms with Gasteiger partial charge in [-0.25, -0.2) is 25.9 Å². The molecule has 2 unspecified atom stereocenters. The van der Waals surface area contributed by atoms with Crippen molar-refractivity contribution < 1.29 is 43.9 Å². The normalized spacial score (nSPS) is 24.5. The average Bonchev–Trinajstić information content (AvgIpc) is 2.78. The summed E-state index contributed by atoms with van der Waals surface area (Å²) >= 11 is 0. The third-order valence-electron chi connectivity index (χ3n) is 5.45. The second-order valence-electron chi connectivity index (χ2n) is 7.82. The average molecular weight is 527 g/mol. The van der Waals surface area contributed by atoms with Gasteiger partial charge in [-0.1, -0.05) is 18.2 Å². The monoisotopic (exact) mass is 526 g/mol. The lowest BCUT2D eigenvalue weighted by Gasteiger charge is -2.35. The Bertz CT molecular complexity index is 1180. The minimum absolute atomic E-state index is 0.0658. The van der Waals surface area contributed by atoms with E-state index in [4.69, 9.17) is 4.74 Å². The van der Waals surface area contributed by atoms with Crippen molar-refractivity contribution in [2.24, 2.45) is 5.92 Å². The van der Waals surface area contributed by atoms with Gasteiger partial charge in [0.05, 0.1) is 4.91 Å². The summed E-state index contributed by atoms with van der Waals surface area (Å²) < 4.78 is 112. The van der Waals surface area contributed by atoms with E-state index >= 15 is 4.39 Å². The molecule has 0 saturated carbocycles. The minimum Gasteiger partial charge on any atom is -0.381 e. The summed E-state index contributed by atoms with van der Waals surface area (Å²) in [6, 6.07) is 7.06. The molecule has 3 rings (SSSR count). The standard InChI is InChI=1S/C20H22F4N2O6S2/c21-19(25-13-14-7-10-32-11-8-14)9-6-16(12-17(19)33(28,29)20(22,23)24)34(30,31)26-18(27)15-4-2-1-3-5-15/h1-6,9,12,14,17,25H,7-8,10-11,13H2,(H,26,27). The number of hydrogen-bond acceptors (Lipinski definition) is 7. The van der Waals surface area contributed by atoms with Crippen LogP contribution in [0.25, 0.3) is 0 Å². The van der Waals surface area contributed by atoms with E-state index in [0.717, 1.165) is 0 Å². The van der Waals surface area contributed by atoms with E-state index in [1.165, 1.54) is 24.3 Å². The molecule has 1 saturated heterocycles. The van der Waals surface area contributed by atoms with Crippen molar-refractivity contribution in [1.82, 2.24) is 10.0 Å². The highest BCUT2D eigenvalue weighted by Crippen LogP contribution is 2.38. The molecule has 1 amide bonds. The van der Waals surface area contributed by atoms with Gasteiger partial charge in [0.2, 0.25) is 5.79 Å². The fourth-order valence-corrected chi connectivity index (χ4v) is 5.86.